The topological polar surface area (TPSA) is 64.2 Å². The van der Waals surface area contributed by atoms with E-state index in [4.69, 9.17) is 5.73 Å². The smallest absolute Gasteiger partial charge is 0.293 e. The first-order valence-electron chi connectivity index (χ1n) is 5.22. The highest BCUT2D eigenvalue weighted by molar-refractivity contribution is 5.34. The van der Waals surface area contributed by atoms with Gasteiger partial charge in [0.2, 0.25) is 0 Å². The minimum atomic E-state index is -0.00375. The van der Waals surface area contributed by atoms with E-state index in [1.807, 2.05) is 7.05 Å². The highest BCUT2D eigenvalue weighted by Crippen LogP contribution is 2.33. The number of likely N-dealkylation sites (N-methyl/N-ethyl adjacent to an activating group) is 1. The van der Waals surface area contributed by atoms with E-state index < -0.39 is 0 Å². The van der Waals surface area contributed by atoms with Gasteiger partial charge in [0.15, 0.2) is 5.82 Å². The number of nitrogens with two attached hydrogens (primary N) is 1. The van der Waals surface area contributed by atoms with Gasteiger partial charge in [-0.15, -0.1) is 0 Å². The monoisotopic (exact) mass is 208 g/mol. The summed E-state index contributed by atoms with van der Waals surface area (Å²) < 4.78 is 1.77. The molecular formula is C10H16N4O. The third kappa shape index (κ3) is 2.02. The van der Waals surface area contributed by atoms with Crippen LogP contribution in [-0.4, -0.2) is 29.7 Å². The average Bonchev–Trinajstić information content (AvgIpc) is 3.02. The number of rotatable bonds is 4. The van der Waals surface area contributed by atoms with Crippen LogP contribution in [-0.2, 0) is 0 Å². The highest BCUT2D eigenvalue weighted by Gasteiger charge is 2.25. The van der Waals surface area contributed by atoms with Crippen LogP contribution in [0.2, 0.25) is 0 Å². The summed E-state index contributed by atoms with van der Waals surface area (Å²) in [6, 6.07) is 0.394. The minimum absolute atomic E-state index is 0.00375. The first-order chi connectivity index (χ1) is 7.24. The Balaban J connectivity index is 2.31. The SMILES string of the molecule is CN(CCN)c1nccn(C2CC2)c1=O. The van der Waals surface area contributed by atoms with Crippen molar-refractivity contribution in [3.63, 3.8) is 0 Å². The van der Waals surface area contributed by atoms with Crippen LogP contribution >= 0.6 is 0 Å². The molecule has 2 rings (SSSR count). The van der Waals surface area contributed by atoms with Crippen LogP contribution in [0.15, 0.2) is 17.2 Å². The zero-order chi connectivity index (χ0) is 10.8. The lowest BCUT2D eigenvalue weighted by molar-refractivity contribution is 0.690. The summed E-state index contributed by atoms with van der Waals surface area (Å²) in [5.74, 6) is 0.495. The van der Waals surface area contributed by atoms with Gasteiger partial charge >= 0.3 is 0 Å². The molecule has 1 aromatic heterocycles. The molecule has 0 unspecified atom stereocenters. The van der Waals surface area contributed by atoms with Crippen molar-refractivity contribution in [2.45, 2.75) is 18.9 Å². The Morgan fingerprint density at radius 2 is 2.40 bits per heavy atom. The zero-order valence-corrected chi connectivity index (χ0v) is 8.89. The fourth-order valence-corrected chi connectivity index (χ4v) is 1.62. The third-order valence-electron chi connectivity index (χ3n) is 2.62. The van der Waals surface area contributed by atoms with Crippen LogP contribution in [0.1, 0.15) is 18.9 Å². The number of hydrogen-bond donors (Lipinski definition) is 1. The quantitative estimate of drug-likeness (QED) is 0.755. The van der Waals surface area contributed by atoms with Crippen LogP contribution in [0.25, 0.3) is 0 Å². The van der Waals surface area contributed by atoms with E-state index in [0.717, 1.165) is 12.8 Å². The summed E-state index contributed by atoms with van der Waals surface area (Å²) in [6.07, 6.45) is 5.65. The van der Waals surface area contributed by atoms with E-state index in [2.05, 4.69) is 4.98 Å². The van der Waals surface area contributed by atoms with Crippen LogP contribution in [0, 0.1) is 0 Å². The van der Waals surface area contributed by atoms with Crippen molar-refractivity contribution in [1.82, 2.24) is 9.55 Å². The fraction of sp³-hybridized carbons (Fsp3) is 0.600. The zero-order valence-electron chi connectivity index (χ0n) is 8.89. The molecule has 1 aliphatic carbocycles. The van der Waals surface area contributed by atoms with Gasteiger partial charge in [0.25, 0.3) is 5.56 Å². The lowest BCUT2D eigenvalue weighted by atomic mass is 10.5. The molecule has 0 atom stereocenters. The van der Waals surface area contributed by atoms with Gasteiger partial charge in [0, 0.05) is 38.6 Å². The summed E-state index contributed by atoms with van der Waals surface area (Å²) in [7, 11) is 1.84. The van der Waals surface area contributed by atoms with E-state index >= 15 is 0 Å². The van der Waals surface area contributed by atoms with Crippen molar-refractivity contribution < 1.29 is 0 Å². The minimum Gasteiger partial charge on any atom is -0.354 e. The maximum Gasteiger partial charge on any atom is 0.293 e. The van der Waals surface area contributed by atoms with Gasteiger partial charge in [0.05, 0.1) is 0 Å². The Bertz CT molecular complexity index is 397. The Labute approximate surface area is 88.5 Å². The van der Waals surface area contributed by atoms with E-state index in [1.165, 1.54) is 0 Å². The average molecular weight is 208 g/mol. The van der Waals surface area contributed by atoms with E-state index in [1.54, 1.807) is 21.9 Å². The van der Waals surface area contributed by atoms with Crippen LogP contribution in [0.4, 0.5) is 5.82 Å². The predicted molar refractivity (Wildman–Crippen MR) is 59.1 cm³/mol. The first-order valence-corrected chi connectivity index (χ1v) is 5.22. The molecular weight excluding hydrogens is 192 g/mol. The van der Waals surface area contributed by atoms with Crippen molar-refractivity contribution in [3.05, 3.63) is 22.7 Å². The van der Waals surface area contributed by atoms with Crippen LogP contribution < -0.4 is 16.2 Å². The Hall–Kier alpha value is -1.36. The molecule has 1 aliphatic rings. The normalized spacial score (nSPS) is 15.3. The van der Waals surface area contributed by atoms with Gasteiger partial charge in [-0.2, -0.15) is 0 Å². The molecule has 0 saturated heterocycles. The molecule has 0 spiro atoms. The third-order valence-corrected chi connectivity index (χ3v) is 2.62. The molecule has 1 fully saturated rings. The van der Waals surface area contributed by atoms with E-state index in [-0.39, 0.29) is 5.56 Å². The highest BCUT2D eigenvalue weighted by atomic mass is 16.1. The molecule has 0 amide bonds. The standard InChI is InChI=1S/C10H16N4O/c1-13(6-4-11)9-10(15)14(7-5-12-9)8-2-3-8/h5,7-8H,2-4,6,11H2,1H3. The molecule has 5 nitrogen and oxygen atoms in total. The number of hydrogen-bond acceptors (Lipinski definition) is 4. The summed E-state index contributed by atoms with van der Waals surface area (Å²) in [6.45, 7) is 1.17. The second-order valence-corrected chi connectivity index (χ2v) is 3.90. The summed E-state index contributed by atoms with van der Waals surface area (Å²) in [5.41, 5.74) is 5.45. The largest absolute Gasteiger partial charge is 0.354 e. The van der Waals surface area contributed by atoms with Crippen molar-refractivity contribution in [2.24, 2.45) is 5.73 Å². The molecule has 0 bridgehead atoms. The maximum atomic E-state index is 12.0. The van der Waals surface area contributed by atoms with Crippen molar-refractivity contribution in [3.8, 4) is 0 Å². The van der Waals surface area contributed by atoms with Gasteiger partial charge in [-0.1, -0.05) is 0 Å². The molecule has 2 N–H and O–H groups in total. The Morgan fingerprint density at radius 3 is 3.00 bits per heavy atom. The Morgan fingerprint density at radius 1 is 1.67 bits per heavy atom. The second-order valence-electron chi connectivity index (χ2n) is 3.90. The lowest BCUT2D eigenvalue weighted by Gasteiger charge is -2.16. The molecule has 1 aromatic rings. The number of nitrogens with zero attached hydrogens (tertiary/aromatic N) is 3. The molecule has 15 heavy (non-hydrogen) atoms. The summed E-state index contributed by atoms with van der Waals surface area (Å²) in [4.78, 5) is 17.9. The van der Waals surface area contributed by atoms with Crippen LogP contribution in [0.5, 0.6) is 0 Å². The Kier molecular flexibility index (Phi) is 2.73. The molecule has 0 aliphatic heterocycles. The van der Waals surface area contributed by atoms with Gasteiger partial charge in [-0.25, -0.2) is 4.98 Å². The predicted octanol–water partition coefficient (Wildman–Crippen LogP) is -0.0269. The van der Waals surface area contributed by atoms with Gasteiger partial charge in [0.1, 0.15) is 0 Å². The van der Waals surface area contributed by atoms with Gasteiger partial charge in [-0.05, 0) is 12.8 Å². The molecule has 0 aromatic carbocycles. The summed E-state index contributed by atoms with van der Waals surface area (Å²) >= 11 is 0. The number of aromatic nitrogens is 2. The van der Waals surface area contributed by atoms with Crippen molar-refractivity contribution in [2.75, 3.05) is 25.0 Å². The van der Waals surface area contributed by atoms with Gasteiger partial charge in [-0.3, -0.25) is 4.79 Å². The van der Waals surface area contributed by atoms with E-state index in [9.17, 15) is 4.79 Å². The van der Waals surface area contributed by atoms with Crippen LogP contribution in [0.3, 0.4) is 0 Å². The molecule has 5 heteroatoms. The van der Waals surface area contributed by atoms with E-state index in [0.29, 0.717) is 24.9 Å². The van der Waals surface area contributed by atoms with Crippen molar-refractivity contribution >= 4 is 5.82 Å². The fourth-order valence-electron chi connectivity index (χ4n) is 1.62. The molecule has 0 radical (unpaired) electrons. The number of anilines is 1. The summed E-state index contributed by atoms with van der Waals surface area (Å²) in [5, 5.41) is 0. The maximum absolute atomic E-state index is 12.0. The second kappa shape index (κ2) is 4.02. The molecule has 1 heterocycles. The lowest BCUT2D eigenvalue weighted by Crippen LogP contribution is -2.33. The van der Waals surface area contributed by atoms with Crippen molar-refractivity contribution in [1.29, 1.82) is 0 Å². The van der Waals surface area contributed by atoms with Gasteiger partial charge < -0.3 is 15.2 Å². The molecule has 1 saturated carbocycles. The molecule has 82 valence electrons. The first kappa shape index (κ1) is 10.2.